The van der Waals surface area contributed by atoms with Crippen molar-refractivity contribution in [1.29, 1.82) is 0 Å². The smallest absolute Gasteiger partial charge is 0.416 e. The lowest BCUT2D eigenvalue weighted by Gasteiger charge is -2.22. The second-order valence-electron chi connectivity index (χ2n) is 3.59. The molecule has 0 saturated heterocycles. The summed E-state index contributed by atoms with van der Waals surface area (Å²) in [5, 5.41) is 9.09. The number of halogens is 3. The van der Waals surface area contributed by atoms with E-state index in [9.17, 15) is 13.2 Å². The van der Waals surface area contributed by atoms with Crippen LogP contribution in [0.3, 0.4) is 0 Å². The van der Waals surface area contributed by atoms with Gasteiger partial charge in [-0.1, -0.05) is 12.1 Å². The fraction of sp³-hybridized carbons (Fsp3) is 0.400. The molecular weight excluding hydrogens is 239 g/mol. The first kappa shape index (κ1) is 12.0. The quantitative estimate of drug-likeness (QED) is 0.830. The molecular formula is C10H10F3NO3. The van der Waals surface area contributed by atoms with Crippen LogP contribution in [0.4, 0.5) is 13.2 Å². The molecule has 2 rings (SSSR count). The number of rotatable bonds is 2. The Morgan fingerprint density at radius 1 is 1.29 bits per heavy atom. The molecule has 0 radical (unpaired) electrons. The number of benzene rings is 1. The van der Waals surface area contributed by atoms with Gasteiger partial charge in [0.2, 0.25) is 6.79 Å². The van der Waals surface area contributed by atoms with Gasteiger partial charge in [0.15, 0.2) is 17.6 Å². The zero-order valence-electron chi connectivity index (χ0n) is 8.57. The molecule has 0 aromatic heterocycles. The third-order valence-electron chi connectivity index (χ3n) is 2.46. The Hall–Kier alpha value is -1.47. The van der Waals surface area contributed by atoms with Gasteiger partial charge in [0, 0.05) is 5.56 Å². The van der Waals surface area contributed by atoms with Crippen LogP contribution in [-0.4, -0.2) is 24.2 Å². The molecule has 17 heavy (non-hydrogen) atoms. The number of alkyl halides is 3. The summed E-state index contributed by atoms with van der Waals surface area (Å²) in [5.41, 5.74) is 5.47. The Bertz CT molecular complexity index is 422. The Morgan fingerprint density at radius 2 is 2.00 bits per heavy atom. The van der Waals surface area contributed by atoms with Crippen molar-refractivity contribution >= 4 is 0 Å². The lowest BCUT2D eigenvalue weighted by molar-refractivity contribution is -0.210. The first-order valence-corrected chi connectivity index (χ1v) is 4.80. The van der Waals surface area contributed by atoms with Crippen LogP contribution in [0.25, 0.3) is 0 Å². The molecule has 7 heteroatoms. The first-order chi connectivity index (χ1) is 7.91. The van der Waals surface area contributed by atoms with Crippen molar-refractivity contribution in [1.82, 2.24) is 0 Å². The number of hydrogen-bond acceptors (Lipinski definition) is 4. The normalized spacial score (nSPS) is 17.9. The summed E-state index contributed by atoms with van der Waals surface area (Å²) < 4.78 is 47.1. The Labute approximate surface area is 94.7 Å². The van der Waals surface area contributed by atoms with E-state index >= 15 is 0 Å². The number of aliphatic hydroxyl groups is 1. The van der Waals surface area contributed by atoms with Crippen molar-refractivity contribution in [2.45, 2.75) is 18.3 Å². The molecule has 0 amide bonds. The zero-order chi connectivity index (χ0) is 12.6. The van der Waals surface area contributed by atoms with Gasteiger partial charge in [0.05, 0.1) is 6.04 Å². The number of aliphatic hydroxyl groups excluding tert-OH is 1. The summed E-state index contributed by atoms with van der Waals surface area (Å²) in [6, 6.07) is 2.81. The molecule has 1 aliphatic rings. The van der Waals surface area contributed by atoms with Crippen LogP contribution in [0.15, 0.2) is 18.2 Å². The van der Waals surface area contributed by atoms with E-state index in [4.69, 9.17) is 20.3 Å². The minimum atomic E-state index is -4.78. The maximum absolute atomic E-state index is 12.3. The number of nitrogens with two attached hydrogens (primary N) is 1. The van der Waals surface area contributed by atoms with Gasteiger partial charge >= 0.3 is 6.18 Å². The number of para-hydroxylation sites is 1. The SMILES string of the molecule is N[C@@H](c1cccc2c1OCO2)[C@H](O)C(F)(F)F. The molecule has 0 spiro atoms. The molecule has 0 fully saturated rings. The summed E-state index contributed by atoms with van der Waals surface area (Å²) in [6.45, 7) is -0.0683. The van der Waals surface area contributed by atoms with E-state index in [1.807, 2.05) is 0 Å². The minimum absolute atomic E-state index is 0.0683. The van der Waals surface area contributed by atoms with E-state index in [0.29, 0.717) is 5.75 Å². The van der Waals surface area contributed by atoms with Crippen molar-refractivity contribution in [3.05, 3.63) is 23.8 Å². The molecule has 1 aromatic carbocycles. The van der Waals surface area contributed by atoms with Gasteiger partial charge in [-0.15, -0.1) is 0 Å². The Kier molecular flexibility index (Phi) is 2.88. The summed E-state index contributed by atoms with van der Waals surface area (Å²) >= 11 is 0. The van der Waals surface area contributed by atoms with E-state index < -0.39 is 18.3 Å². The maximum atomic E-state index is 12.3. The Morgan fingerprint density at radius 3 is 2.65 bits per heavy atom. The second kappa shape index (κ2) is 4.08. The highest BCUT2D eigenvalue weighted by molar-refractivity contribution is 5.49. The molecule has 0 unspecified atom stereocenters. The third kappa shape index (κ3) is 2.16. The van der Waals surface area contributed by atoms with Crippen molar-refractivity contribution in [3.63, 3.8) is 0 Å². The fourth-order valence-corrected chi connectivity index (χ4v) is 1.59. The van der Waals surface area contributed by atoms with E-state index in [0.717, 1.165) is 0 Å². The minimum Gasteiger partial charge on any atom is -0.454 e. The first-order valence-electron chi connectivity index (χ1n) is 4.80. The van der Waals surface area contributed by atoms with Gasteiger partial charge in [0.1, 0.15) is 0 Å². The van der Waals surface area contributed by atoms with Crippen LogP contribution in [0.5, 0.6) is 11.5 Å². The average molecular weight is 249 g/mol. The van der Waals surface area contributed by atoms with Crippen LogP contribution < -0.4 is 15.2 Å². The molecule has 4 nitrogen and oxygen atoms in total. The molecule has 94 valence electrons. The van der Waals surface area contributed by atoms with Gasteiger partial charge < -0.3 is 20.3 Å². The molecule has 1 aromatic rings. The van der Waals surface area contributed by atoms with Gasteiger partial charge in [-0.2, -0.15) is 13.2 Å². The molecule has 1 heterocycles. The van der Waals surface area contributed by atoms with E-state index in [1.54, 1.807) is 6.07 Å². The lowest BCUT2D eigenvalue weighted by atomic mass is 10.0. The summed E-state index contributed by atoms with van der Waals surface area (Å²) in [6.07, 6.45) is -7.42. The summed E-state index contributed by atoms with van der Waals surface area (Å²) in [7, 11) is 0. The highest BCUT2D eigenvalue weighted by Gasteiger charge is 2.44. The molecule has 0 aliphatic carbocycles. The van der Waals surface area contributed by atoms with Gasteiger partial charge in [-0.3, -0.25) is 0 Å². The Balaban J connectivity index is 2.32. The summed E-state index contributed by atoms with van der Waals surface area (Å²) in [5.74, 6) is 0.482. The van der Waals surface area contributed by atoms with Crippen molar-refractivity contribution in [2.24, 2.45) is 5.73 Å². The summed E-state index contributed by atoms with van der Waals surface area (Å²) in [4.78, 5) is 0. The van der Waals surface area contributed by atoms with E-state index in [2.05, 4.69) is 0 Å². The molecule has 0 bridgehead atoms. The predicted octanol–water partition coefficient (Wildman–Crippen LogP) is 1.34. The number of ether oxygens (including phenoxy) is 2. The van der Waals surface area contributed by atoms with Crippen LogP contribution >= 0.6 is 0 Å². The van der Waals surface area contributed by atoms with Crippen LogP contribution in [0, 0.1) is 0 Å². The van der Waals surface area contributed by atoms with E-state index in [-0.39, 0.29) is 18.1 Å². The lowest BCUT2D eigenvalue weighted by Crippen LogP contribution is -2.38. The molecule has 1 aliphatic heterocycles. The molecule has 0 saturated carbocycles. The fourth-order valence-electron chi connectivity index (χ4n) is 1.59. The monoisotopic (exact) mass is 249 g/mol. The number of hydrogen-bond donors (Lipinski definition) is 2. The maximum Gasteiger partial charge on any atom is 0.416 e. The largest absolute Gasteiger partial charge is 0.454 e. The van der Waals surface area contributed by atoms with Gasteiger partial charge in [-0.25, -0.2) is 0 Å². The average Bonchev–Trinajstić information content (AvgIpc) is 2.73. The van der Waals surface area contributed by atoms with Crippen LogP contribution in [0.2, 0.25) is 0 Å². The van der Waals surface area contributed by atoms with Gasteiger partial charge in [0.25, 0.3) is 0 Å². The van der Waals surface area contributed by atoms with Crippen molar-refractivity contribution in [2.75, 3.05) is 6.79 Å². The van der Waals surface area contributed by atoms with E-state index in [1.165, 1.54) is 12.1 Å². The highest BCUT2D eigenvalue weighted by atomic mass is 19.4. The standard InChI is InChI=1S/C10H10F3NO3/c11-10(12,13)9(15)7(14)5-2-1-3-6-8(5)17-4-16-6/h1-3,7,9,15H,4,14H2/t7-,9-/m0/s1. The van der Waals surface area contributed by atoms with Gasteiger partial charge in [-0.05, 0) is 6.07 Å². The van der Waals surface area contributed by atoms with Crippen LogP contribution in [0.1, 0.15) is 11.6 Å². The topological polar surface area (TPSA) is 64.7 Å². The highest BCUT2D eigenvalue weighted by Crippen LogP contribution is 2.40. The molecule has 2 atom stereocenters. The third-order valence-corrected chi connectivity index (χ3v) is 2.46. The van der Waals surface area contributed by atoms with Crippen LogP contribution in [-0.2, 0) is 0 Å². The second-order valence-corrected chi connectivity index (χ2v) is 3.59. The zero-order valence-corrected chi connectivity index (χ0v) is 8.57. The number of fused-ring (bicyclic) bond motifs is 1. The molecule has 3 N–H and O–H groups in total. The van der Waals surface area contributed by atoms with Crippen molar-refractivity contribution < 1.29 is 27.8 Å². The predicted molar refractivity (Wildman–Crippen MR) is 51.6 cm³/mol. The van der Waals surface area contributed by atoms with Crippen molar-refractivity contribution in [3.8, 4) is 11.5 Å².